The number of nitrogens with one attached hydrogen (secondary N) is 1. The summed E-state index contributed by atoms with van der Waals surface area (Å²) in [4.78, 5) is 12.0. The number of ketones is 1. The van der Waals surface area contributed by atoms with E-state index in [0.29, 0.717) is 28.3 Å². The highest BCUT2D eigenvalue weighted by Crippen LogP contribution is 2.32. The van der Waals surface area contributed by atoms with Gasteiger partial charge in [-0.3, -0.25) is 4.79 Å². The van der Waals surface area contributed by atoms with Crippen molar-refractivity contribution in [3.63, 3.8) is 0 Å². The van der Waals surface area contributed by atoms with Gasteiger partial charge in [-0.05, 0) is 35.9 Å². The summed E-state index contributed by atoms with van der Waals surface area (Å²) in [6, 6.07) is 13.2. The monoisotopic (exact) mass is 379 g/mol. The number of benzene rings is 2. The predicted molar refractivity (Wildman–Crippen MR) is 103 cm³/mol. The van der Waals surface area contributed by atoms with Gasteiger partial charge in [-0.2, -0.15) is 10.4 Å². The van der Waals surface area contributed by atoms with Crippen molar-refractivity contribution in [1.82, 2.24) is 9.78 Å². The fraction of sp³-hybridized carbons (Fsp3) is 0.150. The summed E-state index contributed by atoms with van der Waals surface area (Å²) in [5.41, 5.74) is 8.11. The molecule has 0 aliphatic rings. The second-order valence-electron chi connectivity index (χ2n) is 5.85. The molecule has 7 nitrogen and oxygen atoms in total. The molecule has 3 N–H and O–H groups in total. The van der Waals surface area contributed by atoms with Gasteiger partial charge in [0.1, 0.15) is 17.6 Å². The molecule has 0 amide bonds. The van der Waals surface area contributed by atoms with Gasteiger partial charge in [0.05, 0.1) is 24.1 Å². The Labute approximate surface area is 161 Å². The number of carbonyl (C=O) groups is 1. The molecule has 3 aromatic rings. The third kappa shape index (κ3) is 3.84. The first-order valence-electron chi connectivity index (χ1n) is 8.48. The van der Waals surface area contributed by atoms with Crippen LogP contribution in [0.4, 0.5) is 10.1 Å². The molecule has 1 heterocycles. The average Bonchev–Trinajstić information content (AvgIpc) is 3.17. The largest absolute Gasteiger partial charge is 0.478 e. The first-order chi connectivity index (χ1) is 13.6. The van der Waals surface area contributed by atoms with Gasteiger partial charge < -0.3 is 15.8 Å². The first-order valence-corrected chi connectivity index (χ1v) is 8.48. The summed E-state index contributed by atoms with van der Waals surface area (Å²) >= 11 is 0. The van der Waals surface area contributed by atoms with E-state index in [0.717, 1.165) is 0 Å². The van der Waals surface area contributed by atoms with Gasteiger partial charge in [-0.1, -0.05) is 12.1 Å². The van der Waals surface area contributed by atoms with E-state index < -0.39 is 5.82 Å². The first kappa shape index (κ1) is 19.1. The molecular formula is C20H18FN5O2. The molecular weight excluding hydrogens is 361 g/mol. The standard InChI is InChI=1S/C20H18FN5O2/c1-24-17-12-26(25-20(17)18(27)11-23)15-4-2-3-13(9-15)16-10-14(21)5-6-19(16)28-8-7-22/h2-6,9-10,12,24H,8,11,23H2,1H3. The highest BCUT2D eigenvalue weighted by atomic mass is 19.1. The molecule has 0 aliphatic heterocycles. The fourth-order valence-electron chi connectivity index (χ4n) is 2.77. The van der Waals surface area contributed by atoms with Crippen molar-refractivity contribution in [2.75, 3.05) is 25.5 Å². The molecule has 0 bridgehead atoms. The molecule has 0 fully saturated rings. The fourth-order valence-corrected chi connectivity index (χ4v) is 2.77. The Kier molecular flexibility index (Phi) is 5.67. The zero-order valence-electron chi connectivity index (χ0n) is 15.1. The molecule has 28 heavy (non-hydrogen) atoms. The van der Waals surface area contributed by atoms with E-state index in [-0.39, 0.29) is 24.6 Å². The minimum Gasteiger partial charge on any atom is -0.478 e. The summed E-state index contributed by atoms with van der Waals surface area (Å²) < 4.78 is 20.8. The highest BCUT2D eigenvalue weighted by molar-refractivity contribution is 6.00. The van der Waals surface area contributed by atoms with Crippen molar-refractivity contribution >= 4 is 11.5 Å². The van der Waals surface area contributed by atoms with Crippen molar-refractivity contribution in [1.29, 1.82) is 5.26 Å². The van der Waals surface area contributed by atoms with Gasteiger partial charge in [0, 0.05) is 12.6 Å². The van der Waals surface area contributed by atoms with E-state index in [1.807, 2.05) is 12.1 Å². The van der Waals surface area contributed by atoms with Gasteiger partial charge >= 0.3 is 0 Å². The zero-order valence-corrected chi connectivity index (χ0v) is 15.1. The van der Waals surface area contributed by atoms with Crippen LogP contribution >= 0.6 is 0 Å². The Bertz CT molecular complexity index is 1050. The van der Waals surface area contributed by atoms with Crippen molar-refractivity contribution in [2.45, 2.75) is 0 Å². The van der Waals surface area contributed by atoms with Crippen LogP contribution in [0.25, 0.3) is 16.8 Å². The number of nitrogens with zero attached hydrogens (tertiary/aromatic N) is 3. The maximum atomic E-state index is 13.8. The molecule has 1 aromatic heterocycles. The van der Waals surface area contributed by atoms with Crippen LogP contribution < -0.4 is 15.8 Å². The number of anilines is 1. The summed E-state index contributed by atoms with van der Waals surface area (Å²) in [7, 11) is 1.69. The van der Waals surface area contributed by atoms with Crippen molar-refractivity contribution in [3.05, 3.63) is 60.2 Å². The predicted octanol–water partition coefficient (Wildman–Crippen LogP) is 2.76. The Morgan fingerprint density at radius 3 is 2.89 bits per heavy atom. The molecule has 0 saturated carbocycles. The van der Waals surface area contributed by atoms with E-state index in [9.17, 15) is 9.18 Å². The molecule has 0 unspecified atom stereocenters. The topological polar surface area (TPSA) is 106 Å². The minimum atomic E-state index is -0.419. The zero-order chi connectivity index (χ0) is 20.1. The van der Waals surface area contributed by atoms with Gasteiger partial charge in [-0.15, -0.1) is 0 Å². The molecule has 3 rings (SSSR count). The van der Waals surface area contributed by atoms with E-state index in [4.69, 9.17) is 15.7 Å². The number of nitrogens with two attached hydrogens (primary N) is 1. The maximum Gasteiger partial charge on any atom is 0.198 e. The second kappa shape index (κ2) is 8.33. The average molecular weight is 379 g/mol. The quantitative estimate of drug-likeness (QED) is 0.612. The molecule has 142 valence electrons. The number of rotatable bonds is 7. The Morgan fingerprint density at radius 1 is 1.36 bits per heavy atom. The molecule has 0 saturated heterocycles. The van der Waals surface area contributed by atoms with Crippen LogP contribution in [0.1, 0.15) is 10.5 Å². The molecule has 0 radical (unpaired) electrons. The number of Topliss-reactive ketones (excluding diaryl/α,β-unsaturated/α-hetero) is 1. The Hall–Kier alpha value is -3.70. The molecule has 2 aromatic carbocycles. The summed E-state index contributed by atoms with van der Waals surface area (Å²) in [6.45, 7) is -0.289. The molecule has 0 aliphatic carbocycles. The number of aromatic nitrogens is 2. The van der Waals surface area contributed by atoms with Crippen LogP contribution in [-0.4, -0.2) is 35.8 Å². The number of ether oxygens (including phenoxy) is 1. The third-order valence-corrected chi connectivity index (χ3v) is 4.09. The lowest BCUT2D eigenvalue weighted by molar-refractivity contribution is 0.0997. The van der Waals surface area contributed by atoms with E-state index in [1.165, 1.54) is 18.2 Å². The van der Waals surface area contributed by atoms with Gasteiger partial charge in [0.2, 0.25) is 0 Å². The third-order valence-electron chi connectivity index (χ3n) is 4.09. The van der Waals surface area contributed by atoms with Crippen molar-refractivity contribution in [2.24, 2.45) is 5.73 Å². The molecule has 0 spiro atoms. The normalized spacial score (nSPS) is 10.4. The second-order valence-corrected chi connectivity index (χ2v) is 5.85. The van der Waals surface area contributed by atoms with Crippen LogP contribution in [-0.2, 0) is 0 Å². The van der Waals surface area contributed by atoms with Crippen LogP contribution in [0.2, 0.25) is 0 Å². The van der Waals surface area contributed by atoms with Crippen LogP contribution in [0, 0.1) is 17.1 Å². The van der Waals surface area contributed by atoms with Gasteiger partial charge in [-0.25, -0.2) is 9.07 Å². The SMILES string of the molecule is CNc1cn(-c2cccc(-c3cc(F)ccc3OCC#N)c2)nc1C(=O)CN. The lowest BCUT2D eigenvalue weighted by Crippen LogP contribution is -2.15. The van der Waals surface area contributed by atoms with Gasteiger partial charge in [0.15, 0.2) is 18.1 Å². The number of hydrogen-bond acceptors (Lipinski definition) is 6. The lowest BCUT2D eigenvalue weighted by atomic mass is 10.0. The van der Waals surface area contributed by atoms with Gasteiger partial charge in [0.25, 0.3) is 0 Å². The smallest absolute Gasteiger partial charge is 0.198 e. The lowest BCUT2D eigenvalue weighted by Gasteiger charge is -2.11. The number of hydrogen-bond donors (Lipinski definition) is 2. The van der Waals surface area contributed by atoms with Crippen molar-refractivity contribution in [3.8, 4) is 28.6 Å². The van der Waals surface area contributed by atoms with E-state index in [2.05, 4.69) is 10.4 Å². The number of nitriles is 1. The number of carbonyl (C=O) groups excluding carboxylic acids is 1. The number of halogens is 1. The van der Waals surface area contributed by atoms with Crippen molar-refractivity contribution < 1.29 is 13.9 Å². The molecule has 8 heteroatoms. The maximum absolute atomic E-state index is 13.8. The van der Waals surface area contributed by atoms with E-state index in [1.54, 1.807) is 36.1 Å². The minimum absolute atomic E-state index is 0.144. The van der Waals surface area contributed by atoms with Crippen LogP contribution in [0.5, 0.6) is 5.75 Å². The summed E-state index contributed by atoms with van der Waals surface area (Å²) in [6.07, 6.45) is 1.68. The summed E-state index contributed by atoms with van der Waals surface area (Å²) in [5.74, 6) is -0.302. The summed E-state index contributed by atoms with van der Waals surface area (Å²) in [5, 5.41) is 16.0. The van der Waals surface area contributed by atoms with Crippen LogP contribution in [0.3, 0.4) is 0 Å². The van der Waals surface area contributed by atoms with Crippen LogP contribution in [0.15, 0.2) is 48.7 Å². The Balaban J connectivity index is 2.05. The molecule has 0 atom stereocenters. The highest BCUT2D eigenvalue weighted by Gasteiger charge is 2.16. The Morgan fingerprint density at radius 2 is 2.18 bits per heavy atom. The van der Waals surface area contributed by atoms with E-state index >= 15 is 0 Å².